The molecule has 0 bridgehead atoms. The number of benzene rings is 10. The lowest BCUT2D eigenvalue weighted by molar-refractivity contribution is 1.29. The predicted molar refractivity (Wildman–Crippen MR) is 258 cm³/mol. The van der Waals surface area contributed by atoms with Gasteiger partial charge in [-0.2, -0.15) is 0 Å². The number of nitrogens with zero attached hydrogens (tertiary/aromatic N) is 1. The van der Waals surface area contributed by atoms with Crippen LogP contribution in [0, 0.1) is 0 Å². The van der Waals surface area contributed by atoms with Crippen LogP contribution < -0.4 is 4.90 Å². The van der Waals surface area contributed by atoms with Crippen molar-refractivity contribution >= 4 is 102 Å². The minimum atomic E-state index is 1.11. The van der Waals surface area contributed by atoms with Crippen molar-refractivity contribution in [3.63, 3.8) is 0 Å². The van der Waals surface area contributed by atoms with Crippen LogP contribution in [-0.2, 0) is 0 Å². The summed E-state index contributed by atoms with van der Waals surface area (Å²) in [5, 5.41) is 10.3. The maximum atomic E-state index is 2.45. The number of thiophene rings is 2. The van der Waals surface area contributed by atoms with Crippen molar-refractivity contribution < 1.29 is 0 Å². The van der Waals surface area contributed by atoms with Gasteiger partial charge in [0, 0.05) is 57.4 Å². The van der Waals surface area contributed by atoms with Crippen molar-refractivity contribution in [1.29, 1.82) is 0 Å². The van der Waals surface area contributed by atoms with Crippen molar-refractivity contribution in [2.24, 2.45) is 0 Å². The van der Waals surface area contributed by atoms with Crippen LogP contribution in [-0.4, -0.2) is 0 Å². The number of anilines is 3. The second-order valence-corrected chi connectivity index (χ2v) is 17.4. The lowest BCUT2D eigenvalue weighted by Crippen LogP contribution is -2.10. The van der Waals surface area contributed by atoms with Crippen molar-refractivity contribution in [3.8, 4) is 33.4 Å². The van der Waals surface area contributed by atoms with Crippen LogP contribution in [0.4, 0.5) is 17.1 Å². The number of fused-ring (bicyclic) bond motifs is 9. The number of rotatable bonds is 6. The summed E-state index contributed by atoms with van der Waals surface area (Å²) < 4.78 is 5.23. The number of hydrogen-bond acceptors (Lipinski definition) is 3. The second kappa shape index (κ2) is 13.8. The Morgan fingerprint density at radius 1 is 0.271 bits per heavy atom. The molecule has 0 fully saturated rings. The lowest BCUT2D eigenvalue weighted by Gasteiger charge is -2.27. The summed E-state index contributed by atoms with van der Waals surface area (Å²) in [6.07, 6.45) is 0. The molecule has 0 N–H and O–H groups in total. The zero-order valence-electron chi connectivity index (χ0n) is 32.0. The molecule has 12 aromatic rings. The fourth-order valence-electron chi connectivity index (χ4n) is 9.05. The third-order valence-electron chi connectivity index (χ3n) is 11.8. The Bertz CT molecular complexity index is 3560. The van der Waals surface area contributed by atoms with Crippen molar-refractivity contribution in [2.75, 3.05) is 4.90 Å². The second-order valence-electron chi connectivity index (χ2n) is 15.3. The molecule has 2 aromatic heterocycles. The molecule has 0 amide bonds. The molecule has 0 aliphatic rings. The van der Waals surface area contributed by atoms with E-state index in [-0.39, 0.29) is 0 Å². The maximum absolute atomic E-state index is 2.45. The average molecular weight is 786 g/mol. The molecule has 59 heavy (non-hydrogen) atoms. The molecule has 276 valence electrons. The summed E-state index contributed by atoms with van der Waals surface area (Å²) in [5.74, 6) is 0. The van der Waals surface area contributed by atoms with Crippen LogP contribution in [0.1, 0.15) is 0 Å². The summed E-state index contributed by atoms with van der Waals surface area (Å²) in [6.45, 7) is 0. The number of hydrogen-bond donors (Lipinski definition) is 0. The van der Waals surface area contributed by atoms with Crippen LogP contribution in [0.15, 0.2) is 212 Å². The molecular weight excluding hydrogens is 751 g/mol. The third kappa shape index (κ3) is 5.73. The zero-order valence-corrected chi connectivity index (χ0v) is 33.6. The van der Waals surface area contributed by atoms with Gasteiger partial charge in [-0.25, -0.2) is 0 Å². The molecule has 0 aliphatic carbocycles. The van der Waals surface area contributed by atoms with Gasteiger partial charge in [0.15, 0.2) is 0 Å². The Morgan fingerprint density at radius 3 is 1.69 bits per heavy atom. The maximum Gasteiger partial charge on any atom is 0.0473 e. The monoisotopic (exact) mass is 785 g/mol. The molecule has 0 radical (unpaired) electrons. The molecule has 10 aromatic carbocycles. The van der Waals surface area contributed by atoms with Crippen LogP contribution >= 0.6 is 22.7 Å². The van der Waals surface area contributed by atoms with Crippen LogP contribution in [0.2, 0.25) is 0 Å². The average Bonchev–Trinajstić information content (AvgIpc) is 3.88. The lowest BCUT2D eigenvalue weighted by atomic mass is 9.93. The van der Waals surface area contributed by atoms with Gasteiger partial charge in [-0.1, -0.05) is 146 Å². The van der Waals surface area contributed by atoms with Gasteiger partial charge in [0.1, 0.15) is 0 Å². The highest BCUT2D eigenvalue weighted by Crippen LogP contribution is 2.46. The zero-order chi connectivity index (χ0) is 38.9. The van der Waals surface area contributed by atoms with E-state index in [0.717, 1.165) is 17.1 Å². The molecule has 0 unspecified atom stereocenters. The molecular formula is C56H35NS2. The summed E-state index contributed by atoms with van der Waals surface area (Å²) in [5.41, 5.74) is 10.6. The highest BCUT2D eigenvalue weighted by molar-refractivity contribution is 7.26. The van der Waals surface area contributed by atoms with Gasteiger partial charge >= 0.3 is 0 Å². The van der Waals surface area contributed by atoms with Gasteiger partial charge in [0.25, 0.3) is 0 Å². The van der Waals surface area contributed by atoms with E-state index in [1.165, 1.54) is 95.3 Å². The first-order valence-electron chi connectivity index (χ1n) is 20.1. The van der Waals surface area contributed by atoms with Crippen LogP contribution in [0.25, 0.3) is 95.3 Å². The molecule has 0 spiro atoms. The summed E-state index contributed by atoms with van der Waals surface area (Å²) in [7, 11) is 0. The van der Waals surface area contributed by atoms with E-state index in [1.54, 1.807) is 0 Å². The van der Waals surface area contributed by atoms with Crippen LogP contribution in [0.5, 0.6) is 0 Å². The van der Waals surface area contributed by atoms with Gasteiger partial charge in [0.05, 0.1) is 0 Å². The van der Waals surface area contributed by atoms with Gasteiger partial charge in [-0.15, -0.1) is 22.7 Å². The fourth-order valence-corrected chi connectivity index (χ4v) is 11.4. The van der Waals surface area contributed by atoms with Gasteiger partial charge in [-0.3, -0.25) is 0 Å². The highest BCUT2D eigenvalue weighted by atomic mass is 32.1. The highest BCUT2D eigenvalue weighted by Gasteiger charge is 2.20. The van der Waals surface area contributed by atoms with Gasteiger partial charge in [-0.05, 0) is 122 Å². The molecule has 2 heterocycles. The Hall–Kier alpha value is -7.04. The van der Waals surface area contributed by atoms with Crippen molar-refractivity contribution in [1.82, 2.24) is 0 Å². The third-order valence-corrected chi connectivity index (χ3v) is 14.2. The smallest absolute Gasteiger partial charge is 0.0473 e. The first-order chi connectivity index (χ1) is 29.2. The first-order valence-corrected chi connectivity index (χ1v) is 21.7. The Balaban J connectivity index is 1.09. The van der Waals surface area contributed by atoms with Crippen molar-refractivity contribution in [2.45, 2.75) is 0 Å². The van der Waals surface area contributed by atoms with E-state index in [2.05, 4.69) is 217 Å². The minimum absolute atomic E-state index is 1.11. The largest absolute Gasteiger partial charge is 0.310 e. The Kier molecular flexibility index (Phi) is 7.97. The predicted octanol–water partition coefficient (Wildman–Crippen LogP) is 17.2. The summed E-state index contributed by atoms with van der Waals surface area (Å²) in [6, 6.07) is 78.4. The quantitative estimate of drug-likeness (QED) is 0.152. The van der Waals surface area contributed by atoms with Crippen molar-refractivity contribution in [3.05, 3.63) is 212 Å². The minimum Gasteiger partial charge on any atom is -0.310 e. The summed E-state index contributed by atoms with van der Waals surface area (Å²) in [4.78, 5) is 2.45. The molecule has 0 saturated carbocycles. The first kappa shape index (κ1) is 34.0. The summed E-state index contributed by atoms with van der Waals surface area (Å²) >= 11 is 3.74. The molecule has 0 aliphatic heterocycles. The SMILES string of the molecule is c1ccc(-c2cc(-c3cccc4c3sc3ccccc34)cc(N(c3ccc(-c4cc5ccccc5c5ccccc45)cc3)c3ccc4sc5ccccc5c4c3)c2)cc1. The van der Waals surface area contributed by atoms with E-state index >= 15 is 0 Å². The Labute approximate surface area is 350 Å². The topological polar surface area (TPSA) is 3.24 Å². The van der Waals surface area contributed by atoms with E-state index in [9.17, 15) is 0 Å². The molecule has 3 heteroatoms. The van der Waals surface area contributed by atoms with E-state index < -0.39 is 0 Å². The molecule has 0 atom stereocenters. The molecule has 12 rings (SSSR count). The van der Waals surface area contributed by atoms with Gasteiger partial charge < -0.3 is 4.90 Å². The van der Waals surface area contributed by atoms with E-state index in [0.29, 0.717) is 0 Å². The fraction of sp³-hybridized carbons (Fsp3) is 0. The van der Waals surface area contributed by atoms with Crippen LogP contribution in [0.3, 0.4) is 0 Å². The molecule has 0 saturated heterocycles. The van der Waals surface area contributed by atoms with Gasteiger partial charge in [0.2, 0.25) is 0 Å². The standard InChI is InChI=1S/C56H35NS2/c1-2-13-36(14-3-1)39-31-40(45-21-12-22-50-48-19-8-11-24-54(48)59-56(45)50)33-43(32-39)57(42-29-30-55-52(35-42)49-20-9-10-23-53(49)58-55)41-27-25-37(26-28-41)51-34-38-15-4-5-16-44(38)46-17-6-7-18-47(46)51/h1-35H. The van der Waals surface area contributed by atoms with E-state index in [1.807, 2.05) is 22.7 Å². The normalized spacial score (nSPS) is 11.7. The Morgan fingerprint density at radius 2 is 0.881 bits per heavy atom. The molecule has 1 nitrogen and oxygen atoms in total. The van der Waals surface area contributed by atoms with E-state index in [4.69, 9.17) is 0 Å².